The van der Waals surface area contributed by atoms with Gasteiger partial charge in [0, 0.05) is 19.8 Å². The number of hydrogen-bond donors (Lipinski definition) is 2. The summed E-state index contributed by atoms with van der Waals surface area (Å²) >= 11 is 3.65. The molecule has 0 saturated carbocycles. The normalized spacial score (nSPS) is 10.2. The lowest BCUT2D eigenvalue weighted by Gasteiger charge is -2.07. The van der Waals surface area contributed by atoms with Crippen molar-refractivity contribution in [1.29, 1.82) is 0 Å². The van der Waals surface area contributed by atoms with Crippen molar-refractivity contribution >= 4 is 51.6 Å². The van der Waals surface area contributed by atoms with Crippen LogP contribution in [-0.4, -0.2) is 11.7 Å². The van der Waals surface area contributed by atoms with Gasteiger partial charge in [0.25, 0.3) is 0 Å². The fourth-order valence-corrected chi connectivity index (χ4v) is 2.83. The number of benzene rings is 2. The highest BCUT2D eigenvalue weighted by molar-refractivity contribution is 14.1. The molecule has 0 bridgehead atoms. The van der Waals surface area contributed by atoms with Crippen molar-refractivity contribution in [3.05, 3.63) is 52.1 Å². The van der Waals surface area contributed by atoms with Crippen LogP contribution in [0, 0.1) is 3.57 Å². The molecule has 5 heteroatoms. The van der Waals surface area contributed by atoms with Gasteiger partial charge in [0.05, 0.1) is 5.75 Å². The maximum Gasteiger partial charge on any atom is 0.234 e. The van der Waals surface area contributed by atoms with Crippen LogP contribution in [0.5, 0.6) is 0 Å². The maximum absolute atomic E-state index is 11.8. The summed E-state index contributed by atoms with van der Waals surface area (Å²) in [7, 11) is 0. The minimum atomic E-state index is -0.0322. The molecular formula is C14H13IN2OS. The van der Waals surface area contributed by atoms with Crippen LogP contribution in [0.1, 0.15) is 0 Å². The third-order valence-electron chi connectivity index (χ3n) is 2.39. The molecule has 98 valence electrons. The van der Waals surface area contributed by atoms with Crippen LogP contribution < -0.4 is 11.1 Å². The number of nitrogens with two attached hydrogens (primary N) is 1. The molecule has 0 unspecified atom stereocenters. The molecule has 0 aliphatic rings. The second-order valence-corrected chi connectivity index (χ2v) is 6.15. The van der Waals surface area contributed by atoms with Crippen LogP contribution in [-0.2, 0) is 4.79 Å². The zero-order valence-corrected chi connectivity index (χ0v) is 13.1. The third kappa shape index (κ3) is 4.43. The first-order valence-corrected chi connectivity index (χ1v) is 7.74. The SMILES string of the molecule is Nc1ccccc1SCC(=O)Nc1cccc(I)c1. The molecule has 0 aliphatic carbocycles. The van der Waals surface area contributed by atoms with Crippen molar-refractivity contribution in [2.45, 2.75) is 4.90 Å². The van der Waals surface area contributed by atoms with E-state index in [1.54, 1.807) is 0 Å². The minimum Gasteiger partial charge on any atom is -0.398 e. The number of carbonyl (C=O) groups excluding carboxylic acids is 1. The first-order chi connectivity index (χ1) is 9.15. The first kappa shape index (κ1) is 14.2. The molecule has 2 aromatic carbocycles. The van der Waals surface area contributed by atoms with E-state index >= 15 is 0 Å². The Bertz CT molecular complexity index is 589. The van der Waals surface area contributed by atoms with Crippen molar-refractivity contribution in [1.82, 2.24) is 0 Å². The molecule has 0 fully saturated rings. The predicted octanol–water partition coefficient (Wildman–Crippen LogP) is 3.60. The molecular weight excluding hydrogens is 371 g/mol. The fraction of sp³-hybridized carbons (Fsp3) is 0.0714. The largest absolute Gasteiger partial charge is 0.398 e. The lowest BCUT2D eigenvalue weighted by atomic mass is 10.3. The van der Waals surface area contributed by atoms with Crippen LogP contribution in [0.3, 0.4) is 0 Å². The van der Waals surface area contributed by atoms with Crippen LogP contribution in [0.4, 0.5) is 11.4 Å². The van der Waals surface area contributed by atoms with Gasteiger partial charge in [0.1, 0.15) is 0 Å². The third-order valence-corrected chi connectivity index (χ3v) is 4.15. The number of amides is 1. The standard InChI is InChI=1S/C14H13IN2OS/c15-10-4-3-5-11(8-10)17-14(18)9-19-13-7-2-1-6-12(13)16/h1-8H,9,16H2,(H,17,18). The van der Waals surface area contributed by atoms with Gasteiger partial charge in [-0.25, -0.2) is 0 Å². The second kappa shape index (κ2) is 6.81. The summed E-state index contributed by atoms with van der Waals surface area (Å²) in [5, 5.41) is 2.87. The Labute approximate surface area is 130 Å². The van der Waals surface area contributed by atoms with Crippen LogP contribution >= 0.6 is 34.4 Å². The van der Waals surface area contributed by atoms with Gasteiger partial charge in [-0.05, 0) is 52.9 Å². The van der Waals surface area contributed by atoms with Crippen LogP contribution in [0.15, 0.2) is 53.4 Å². The number of thioether (sulfide) groups is 1. The van der Waals surface area contributed by atoms with E-state index in [2.05, 4.69) is 27.9 Å². The summed E-state index contributed by atoms with van der Waals surface area (Å²) in [5.74, 6) is 0.315. The lowest BCUT2D eigenvalue weighted by molar-refractivity contribution is -0.113. The number of carbonyl (C=O) groups is 1. The summed E-state index contributed by atoms with van der Waals surface area (Å²) in [6, 6.07) is 15.2. The Morgan fingerprint density at radius 2 is 2.00 bits per heavy atom. The molecule has 0 heterocycles. The molecule has 0 radical (unpaired) electrons. The number of para-hydroxylation sites is 1. The Morgan fingerprint density at radius 1 is 1.21 bits per heavy atom. The summed E-state index contributed by atoms with van der Waals surface area (Å²) in [6.07, 6.45) is 0. The van der Waals surface area contributed by atoms with E-state index in [1.165, 1.54) is 11.8 Å². The molecule has 19 heavy (non-hydrogen) atoms. The van der Waals surface area contributed by atoms with Crippen LogP contribution in [0.25, 0.3) is 0 Å². The van der Waals surface area contributed by atoms with Crippen molar-refractivity contribution in [3.8, 4) is 0 Å². The van der Waals surface area contributed by atoms with Gasteiger partial charge in [0.2, 0.25) is 5.91 Å². The highest BCUT2D eigenvalue weighted by Crippen LogP contribution is 2.24. The molecule has 3 nitrogen and oxygen atoms in total. The maximum atomic E-state index is 11.8. The first-order valence-electron chi connectivity index (χ1n) is 5.68. The number of rotatable bonds is 4. The van der Waals surface area contributed by atoms with Crippen LogP contribution in [0.2, 0.25) is 0 Å². The van der Waals surface area contributed by atoms with Gasteiger partial charge in [-0.3, -0.25) is 4.79 Å². The number of nitrogen functional groups attached to an aromatic ring is 1. The molecule has 0 spiro atoms. The number of halogens is 1. The average Bonchev–Trinajstić information content (AvgIpc) is 2.38. The van der Waals surface area contributed by atoms with Gasteiger partial charge in [-0.15, -0.1) is 11.8 Å². The van der Waals surface area contributed by atoms with Gasteiger partial charge in [0.15, 0.2) is 0 Å². The second-order valence-electron chi connectivity index (χ2n) is 3.89. The van der Waals surface area contributed by atoms with E-state index in [4.69, 9.17) is 5.73 Å². The Balaban J connectivity index is 1.90. The Hall–Kier alpha value is -1.21. The molecule has 1 amide bonds. The van der Waals surface area contributed by atoms with E-state index in [9.17, 15) is 4.79 Å². The molecule has 0 aliphatic heterocycles. The van der Waals surface area contributed by atoms with E-state index in [0.29, 0.717) is 11.4 Å². The highest BCUT2D eigenvalue weighted by Gasteiger charge is 2.05. The molecule has 0 saturated heterocycles. The lowest BCUT2D eigenvalue weighted by Crippen LogP contribution is -2.14. The van der Waals surface area contributed by atoms with Gasteiger partial charge in [-0.2, -0.15) is 0 Å². The minimum absolute atomic E-state index is 0.0322. The zero-order valence-electron chi connectivity index (χ0n) is 10.1. The molecule has 0 aromatic heterocycles. The van der Waals surface area contributed by atoms with Gasteiger partial charge < -0.3 is 11.1 Å². The monoisotopic (exact) mass is 384 g/mol. The van der Waals surface area contributed by atoms with Crippen molar-refractivity contribution in [3.63, 3.8) is 0 Å². The predicted molar refractivity (Wildman–Crippen MR) is 89.4 cm³/mol. The Morgan fingerprint density at radius 3 is 2.74 bits per heavy atom. The summed E-state index contributed by atoms with van der Waals surface area (Å²) in [6.45, 7) is 0. The quantitative estimate of drug-likeness (QED) is 0.481. The van der Waals surface area contributed by atoms with E-state index < -0.39 is 0 Å². The van der Waals surface area contributed by atoms with Crippen molar-refractivity contribution in [2.75, 3.05) is 16.8 Å². The number of anilines is 2. The molecule has 3 N–H and O–H groups in total. The number of hydrogen-bond acceptors (Lipinski definition) is 3. The molecule has 0 atom stereocenters. The van der Waals surface area contributed by atoms with E-state index in [-0.39, 0.29) is 5.91 Å². The van der Waals surface area contributed by atoms with Gasteiger partial charge >= 0.3 is 0 Å². The highest BCUT2D eigenvalue weighted by atomic mass is 127. The fourth-order valence-electron chi connectivity index (χ4n) is 1.52. The topological polar surface area (TPSA) is 55.1 Å². The molecule has 2 rings (SSSR count). The Kier molecular flexibility index (Phi) is 5.09. The summed E-state index contributed by atoms with van der Waals surface area (Å²) in [5.41, 5.74) is 7.35. The zero-order chi connectivity index (χ0) is 13.7. The summed E-state index contributed by atoms with van der Waals surface area (Å²) < 4.78 is 1.09. The van der Waals surface area contributed by atoms with Crippen molar-refractivity contribution in [2.24, 2.45) is 0 Å². The van der Waals surface area contributed by atoms with Crippen molar-refractivity contribution < 1.29 is 4.79 Å². The van der Waals surface area contributed by atoms with Gasteiger partial charge in [-0.1, -0.05) is 18.2 Å². The van der Waals surface area contributed by atoms with E-state index in [1.807, 2.05) is 48.5 Å². The van der Waals surface area contributed by atoms with E-state index in [0.717, 1.165) is 14.2 Å². The molecule has 2 aromatic rings. The smallest absolute Gasteiger partial charge is 0.234 e. The summed E-state index contributed by atoms with van der Waals surface area (Å²) in [4.78, 5) is 12.8. The average molecular weight is 384 g/mol. The number of nitrogens with one attached hydrogen (secondary N) is 1.